The molecule has 0 spiro atoms. The highest BCUT2D eigenvalue weighted by Crippen LogP contribution is 2.35. The Morgan fingerprint density at radius 1 is 0.673 bits per heavy atom. The molecule has 2 saturated heterocycles. The van der Waals surface area contributed by atoms with Crippen molar-refractivity contribution >= 4 is 17.2 Å². The van der Waals surface area contributed by atoms with Crippen molar-refractivity contribution in [3.8, 4) is 0 Å². The molecule has 2 aliphatic rings. The fraction of sp³-hybridized carbons (Fsp3) is 0.486. The maximum absolute atomic E-state index is 15.0. The number of hydrogen-bond acceptors (Lipinski definition) is 7. The Morgan fingerprint density at radius 2 is 1.04 bits per heavy atom. The highest BCUT2D eigenvalue weighted by molar-refractivity contribution is 5.89. The van der Waals surface area contributed by atoms with E-state index in [9.17, 15) is 26.3 Å². The number of benzene rings is 2. The fourth-order valence-corrected chi connectivity index (χ4v) is 7.70. The summed E-state index contributed by atoms with van der Waals surface area (Å²) in [7, 11) is 0. The number of nitrogens with two attached hydrogens (primary N) is 2. The number of nitrogen functional groups attached to an aromatic ring is 2. The molecule has 4 N–H and O–H groups in total. The third-order valence-electron chi connectivity index (χ3n) is 10.6. The van der Waals surface area contributed by atoms with Crippen LogP contribution in [0.3, 0.4) is 0 Å². The second-order valence-electron chi connectivity index (χ2n) is 14.1. The molecule has 0 amide bonds. The van der Waals surface area contributed by atoms with Gasteiger partial charge in [-0.15, -0.1) is 0 Å². The molecule has 0 saturated carbocycles. The Morgan fingerprint density at radius 3 is 1.35 bits per heavy atom. The van der Waals surface area contributed by atoms with Crippen molar-refractivity contribution in [2.75, 3.05) is 37.6 Å². The van der Waals surface area contributed by atoms with E-state index >= 15 is 4.79 Å². The maximum atomic E-state index is 15.0. The number of halogens is 6. The average molecular weight is 731 g/mol. The smallest absolute Gasteiger partial charge is 0.399 e. The van der Waals surface area contributed by atoms with Crippen molar-refractivity contribution in [3.05, 3.63) is 94.6 Å². The lowest BCUT2D eigenvalue weighted by Crippen LogP contribution is -2.57. The zero-order chi connectivity index (χ0) is 37.4. The molecule has 9 nitrogen and oxygen atoms in total. The number of nitrogens with zero attached hydrogens (tertiary/aromatic N) is 6. The van der Waals surface area contributed by atoms with Gasteiger partial charge in [0.25, 0.3) is 0 Å². The highest BCUT2D eigenvalue weighted by atomic mass is 19.4. The predicted octanol–water partition coefficient (Wildman–Crippen LogP) is 6.66. The van der Waals surface area contributed by atoms with Crippen molar-refractivity contribution in [2.24, 2.45) is 0 Å². The number of ketones is 1. The summed E-state index contributed by atoms with van der Waals surface area (Å²) in [5.41, 5.74) is 13.9. The molecular weight excluding hydrogens is 686 g/mol. The number of anilines is 2. The minimum absolute atomic E-state index is 0.147. The average Bonchev–Trinajstić information content (AvgIpc) is 3.67. The van der Waals surface area contributed by atoms with Crippen LogP contribution < -0.4 is 11.5 Å². The van der Waals surface area contributed by atoms with Crippen molar-refractivity contribution in [2.45, 2.75) is 88.9 Å². The van der Waals surface area contributed by atoms with Crippen LogP contribution in [0.25, 0.3) is 0 Å². The van der Waals surface area contributed by atoms with Crippen LogP contribution in [0.5, 0.6) is 0 Å². The second-order valence-corrected chi connectivity index (χ2v) is 14.1. The third-order valence-corrected chi connectivity index (χ3v) is 10.6. The number of hydrogen-bond donors (Lipinski definition) is 2. The molecule has 2 fully saturated rings. The summed E-state index contributed by atoms with van der Waals surface area (Å²) in [6.07, 6.45) is -6.61. The van der Waals surface area contributed by atoms with Crippen LogP contribution in [0, 0.1) is 13.8 Å². The summed E-state index contributed by atoms with van der Waals surface area (Å²) >= 11 is 0. The molecule has 15 heteroatoms. The van der Waals surface area contributed by atoms with Crippen LogP contribution in [0.2, 0.25) is 0 Å². The molecular formula is C37H44F6N8O. The zero-order valence-electron chi connectivity index (χ0n) is 29.2. The Balaban J connectivity index is 1.32. The van der Waals surface area contributed by atoms with Gasteiger partial charge in [-0.2, -0.15) is 36.5 Å². The Bertz CT molecular complexity index is 1720. The summed E-state index contributed by atoms with van der Waals surface area (Å²) in [4.78, 5) is 19.0. The van der Waals surface area contributed by atoms with Gasteiger partial charge in [0.1, 0.15) is 0 Å². The van der Waals surface area contributed by atoms with Gasteiger partial charge in [-0.25, -0.2) is 0 Å². The Hall–Kier alpha value is -4.37. The topological polar surface area (TPSA) is 111 Å². The molecule has 2 atom stereocenters. The summed E-state index contributed by atoms with van der Waals surface area (Å²) in [6, 6.07) is 15.4. The first-order valence-corrected chi connectivity index (χ1v) is 17.5. The third kappa shape index (κ3) is 8.46. The van der Waals surface area contributed by atoms with E-state index in [1.54, 1.807) is 0 Å². The summed E-state index contributed by atoms with van der Waals surface area (Å²) in [5.74, 6) is 0.0537. The van der Waals surface area contributed by atoms with Gasteiger partial charge in [0, 0.05) is 22.8 Å². The van der Waals surface area contributed by atoms with E-state index in [2.05, 4.69) is 10.2 Å². The van der Waals surface area contributed by atoms with Crippen molar-refractivity contribution in [3.63, 3.8) is 0 Å². The van der Waals surface area contributed by atoms with Crippen LogP contribution >= 0.6 is 0 Å². The summed E-state index contributed by atoms with van der Waals surface area (Å²) in [5, 5.41) is 7.71. The molecule has 52 heavy (non-hydrogen) atoms. The van der Waals surface area contributed by atoms with E-state index in [0.29, 0.717) is 63.2 Å². The molecule has 6 rings (SSSR count). The zero-order valence-corrected chi connectivity index (χ0v) is 29.2. The van der Waals surface area contributed by atoms with E-state index in [-0.39, 0.29) is 42.1 Å². The first-order valence-electron chi connectivity index (χ1n) is 17.5. The number of alkyl halides is 6. The number of carbonyl (C=O) groups is 1. The SMILES string of the molecule is Cc1cc(C(F)(F)F)nn1CC(C(=O)C(Cn1nc(C(F)(F)F)cc1C)N1CCC(c2cccc(N)c2)CC1)N1CCC(c2cccc(N)c2)CC1. The number of aryl methyl sites for hydroxylation is 2. The number of rotatable bonds is 10. The monoisotopic (exact) mass is 730 g/mol. The first kappa shape index (κ1) is 37.4. The molecule has 4 aromatic rings. The van der Waals surface area contributed by atoms with Crippen LogP contribution in [0.4, 0.5) is 37.7 Å². The van der Waals surface area contributed by atoms with Crippen LogP contribution in [-0.4, -0.2) is 73.4 Å². The lowest BCUT2D eigenvalue weighted by molar-refractivity contribution is -0.142. The summed E-state index contributed by atoms with van der Waals surface area (Å²) < 4.78 is 84.7. The quantitative estimate of drug-likeness (QED) is 0.139. The summed E-state index contributed by atoms with van der Waals surface area (Å²) in [6.45, 7) is 4.65. The number of aromatic nitrogens is 4. The second kappa shape index (κ2) is 14.9. The molecule has 0 radical (unpaired) electrons. The van der Waals surface area contributed by atoms with Crippen LogP contribution in [-0.2, 0) is 30.2 Å². The first-order chi connectivity index (χ1) is 24.6. The number of piperidine rings is 2. The van der Waals surface area contributed by atoms with Gasteiger partial charge < -0.3 is 11.5 Å². The van der Waals surface area contributed by atoms with E-state index < -0.39 is 35.8 Å². The van der Waals surface area contributed by atoms with E-state index in [1.807, 2.05) is 58.3 Å². The van der Waals surface area contributed by atoms with Crippen molar-refractivity contribution in [1.29, 1.82) is 0 Å². The van der Waals surface area contributed by atoms with E-state index in [4.69, 9.17) is 11.5 Å². The van der Waals surface area contributed by atoms with Crippen LogP contribution in [0.1, 0.15) is 71.4 Å². The lowest BCUT2D eigenvalue weighted by Gasteiger charge is -2.42. The number of carbonyl (C=O) groups excluding carboxylic acids is 1. The van der Waals surface area contributed by atoms with Crippen molar-refractivity contribution in [1.82, 2.24) is 29.4 Å². The molecule has 2 aliphatic heterocycles. The Kier molecular flexibility index (Phi) is 10.7. The van der Waals surface area contributed by atoms with Crippen LogP contribution in [0.15, 0.2) is 60.7 Å². The van der Waals surface area contributed by atoms with Gasteiger partial charge in [-0.1, -0.05) is 24.3 Å². The molecule has 280 valence electrons. The molecule has 2 aromatic heterocycles. The van der Waals surface area contributed by atoms with E-state index in [0.717, 1.165) is 23.3 Å². The number of likely N-dealkylation sites (tertiary alicyclic amines) is 2. The van der Waals surface area contributed by atoms with Crippen molar-refractivity contribution < 1.29 is 31.1 Å². The molecule has 4 heterocycles. The van der Waals surface area contributed by atoms with E-state index in [1.165, 1.54) is 23.2 Å². The normalized spacial score (nSPS) is 18.5. The minimum Gasteiger partial charge on any atom is -0.399 e. The molecule has 2 unspecified atom stereocenters. The van der Waals surface area contributed by atoms with Gasteiger partial charge in [0.15, 0.2) is 17.2 Å². The van der Waals surface area contributed by atoms with Gasteiger partial charge in [-0.05, 0) is 125 Å². The maximum Gasteiger partial charge on any atom is 0.435 e. The van der Waals surface area contributed by atoms with Gasteiger partial charge in [0.05, 0.1) is 25.2 Å². The lowest BCUT2D eigenvalue weighted by atomic mass is 9.86. The van der Waals surface area contributed by atoms with Gasteiger partial charge in [0.2, 0.25) is 0 Å². The van der Waals surface area contributed by atoms with Gasteiger partial charge >= 0.3 is 12.4 Å². The van der Waals surface area contributed by atoms with Gasteiger partial charge in [-0.3, -0.25) is 24.0 Å². The highest BCUT2D eigenvalue weighted by Gasteiger charge is 2.41. The fourth-order valence-electron chi connectivity index (χ4n) is 7.70. The Labute approximate surface area is 298 Å². The molecule has 0 aliphatic carbocycles. The minimum atomic E-state index is -4.67. The molecule has 0 bridgehead atoms. The predicted molar refractivity (Wildman–Crippen MR) is 185 cm³/mol. The molecule has 2 aromatic carbocycles. The standard InChI is InChI=1S/C37H44F6N8O/c1-23-17-33(36(38,39)40)46-50(23)21-31(48-13-9-25(10-14-48)27-5-3-7-29(44)19-27)35(52)32(22-51-24(2)18-34(47-51)37(41,42)43)49-15-11-26(12-16-49)28-6-4-8-30(45)20-28/h3-8,17-20,25-26,31-32H,9-16,21-22,44-45H2,1-2H3. The largest absolute Gasteiger partial charge is 0.435 e. The number of Topliss-reactive ketones (excluding diaryl/α,β-unsaturated/α-hetero) is 1.